The Morgan fingerprint density at radius 3 is 2.56 bits per heavy atom. The molecular formula is C13H17BrO2. The van der Waals surface area contributed by atoms with E-state index in [0.717, 1.165) is 29.5 Å². The Hall–Kier alpha value is -0.670. The third-order valence-corrected chi connectivity index (χ3v) is 2.74. The lowest BCUT2D eigenvalue weighted by Crippen LogP contribution is -2.02. The van der Waals surface area contributed by atoms with Crippen LogP contribution in [0.3, 0.4) is 0 Å². The predicted molar refractivity (Wildman–Crippen MR) is 68.8 cm³/mol. The summed E-state index contributed by atoms with van der Waals surface area (Å²) in [6, 6.07) is 7.47. The van der Waals surface area contributed by atoms with Crippen LogP contribution >= 0.6 is 15.9 Å². The molecule has 0 heterocycles. The van der Waals surface area contributed by atoms with Crippen molar-refractivity contribution in [3.63, 3.8) is 0 Å². The quantitative estimate of drug-likeness (QED) is 0.562. The zero-order chi connectivity index (χ0) is 11.8. The van der Waals surface area contributed by atoms with Crippen LogP contribution in [0.1, 0.15) is 36.5 Å². The van der Waals surface area contributed by atoms with Crippen molar-refractivity contribution in [1.29, 1.82) is 0 Å². The zero-order valence-corrected chi connectivity index (χ0v) is 11.1. The first kappa shape index (κ1) is 13.4. The number of rotatable bonds is 7. The summed E-state index contributed by atoms with van der Waals surface area (Å²) in [6.07, 6.45) is 2.39. The number of benzene rings is 1. The maximum atomic E-state index is 11.7. The summed E-state index contributed by atoms with van der Waals surface area (Å²) in [4.78, 5) is 11.7. The van der Waals surface area contributed by atoms with Gasteiger partial charge in [-0.15, -0.1) is 0 Å². The van der Waals surface area contributed by atoms with E-state index >= 15 is 0 Å². The minimum atomic E-state index is 0.188. The molecule has 0 atom stereocenters. The molecule has 0 radical (unpaired) electrons. The Kier molecular flexibility index (Phi) is 6.34. The SMILES string of the molecule is CCCOCCCC(=O)c1ccc(Br)cc1. The van der Waals surface area contributed by atoms with Gasteiger partial charge in [-0.05, 0) is 25.0 Å². The van der Waals surface area contributed by atoms with Crippen molar-refractivity contribution >= 4 is 21.7 Å². The van der Waals surface area contributed by atoms with Gasteiger partial charge in [-0.1, -0.05) is 35.0 Å². The summed E-state index contributed by atoms with van der Waals surface area (Å²) in [7, 11) is 0. The normalized spacial score (nSPS) is 10.4. The van der Waals surface area contributed by atoms with Crippen LogP contribution in [0.15, 0.2) is 28.7 Å². The highest BCUT2D eigenvalue weighted by molar-refractivity contribution is 9.10. The fraction of sp³-hybridized carbons (Fsp3) is 0.462. The zero-order valence-electron chi connectivity index (χ0n) is 9.54. The van der Waals surface area contributed by atoms with Crippen molar-refractivity contribution < 1.29 is 9.53 Å². The highest BCUT2D eigenvalue weighted by Gasteiger charge is 2.04. The molecule has 0 saturated heterocycles. The molecule has 0 aliphatic rings. The molecule has 0 amide bonds. The minimum Gasteiger partial charge on any atom is -0.381 e. The first-order chi connectivity index (χ1) is 7.74. The second kappa shape index (κ2) is 7.58. The van der Waals surface area contributed by atoms with Crippen LogP contribution in [-0.4, -0.2) is 19.0 Å². The van der Waals surface area contributed by atoms with Crippen LogP contribution in [0.4, 0.5) is 0 Å². The van der Waals surface area contributed by atoms with Crippen LogP contribution in [0.25, 0.3) is 0 Å². The highest BCUT2D eigenvalue weighted by atomic mass is 79.9. The lowest BCUT2D eigenvalue weighted by atomic mass is 10.1. The smallest absolute Gasteiger partial charge is 0.162 e. The van der Waals surface area contributed by atoms with Crippen molar-refractivity contribution in [3.05, 3.63) is 34.3 Å². The van der Waals surface area contributed by atoms with Gasteiger partial charge in [0.25, 0.3) is 0 Å². The van der Waals surface area contributed by atoms with E-state index in [1.807, 2.05) is 24.3 Å². The predicted octanol–water partition coefficient (Wildman–Crippen LogP) is 3.84. The van der Waals surface area contributed by atoms with Gasteiger partial charge >= 0.3 is 0 Å². The summed E-state index contributed by atoms with van der Waals surface area (Å²) in [5, 5.41) is 0. The van der Waals surface area contributed by atoms with Crippen molar-refractivity contribution in [3.8, 4) is 0 Å². The van der Waals surface area contributed by atoms with E-state index in [1.54, 1.807) is 0 Å². The van der Waals surface area contributed by atoms with Gasteiger partial charge in [0.1, 0.15) is 0 Å². The van der Waals surface area contributed by atoms with Crippen molar-refractivity contribution in [1.82, 2.24) is 0 Å². The highest BCUT2D eigenvalue weighted by Crippen LogP contribution is 2.12. The molecule has 1 aromatic rings. The lowest BCUT2D eigenvalue weighted by Gasteiger charge is -2.02. The average molecular weight is 285 g/mol. The van der Waals surface area contributed by atoms with E-state index in [1.165, 1.54) is 0 Å². The van der Waals surface area contributed by atoms with Crippen LogP contribution in [0, 0.1) is 0 Å². The summed E-state index contributed by atoms with van der Waals surface area (Å²) in [5.74, 6) is 0.188. The van der Waals surface area contributed by atoms with Gasteiger partial charge in [-0.25, -0.2) is 0 Å². The molecule has 0 bridgehead atoms. The largest absolute Gasteiger partial charge is 0.381 e. The van der Waals surface area contributed by atoms with E-state index < -0.39 is 0 Å². The Morgan fingerprint density at radius 2 is 1.94 bits per heavy atom. The van der Waals surface area contributed by atoms with Gasteiger partial charge in [-0.3, -0.25) is 4.79 Å². The molecule has 0 aliphatic carbocycles. The van der Waals surface area contributed by atoms with E-state index in [9.17, 15) is 4.79 Å². The Labute approximate surface area is 105 Å². The van der Waals surface area contributed by atoms with Crippen molar-refractivity contribution in [2.45, 2.75) is 26.2 Å². The topological polar surface area (TPSA) is 26.3 Å². The summed E-state index contributed by atoms with van der Waals surface area (Å²) >= 11 is 3.34. The van der Waals surface area contributed by atoms with Crippen LogP contribution in [0.5, 0.6) is 0 Å². The van der Waals surface area contributed by atoms with Crippen LogP contribution in [-0.2, 0) is 4.74 Å². The number of ether oxygens (including phenoxy) is 1. The van der Waals surface area contributed by atoms with E-state index in [4.69, 9.17) is 4.74 Å². The number of carbonyl (C=O) groups is 1. The first-order valence-electron chi connectivity index (χ1n) is 5.60. The fourth-order valence-corrected chi connectivity index (χ4v) is 1.63. The van der Waals surface area contributed by atoms with Crippen LogP contribution in [0.2, 0.25) is 0 Å². The Bertz CT molecular complexity index is 319. The number of halogens is 1. The molecule has 0 aromatic heterocycles. The number of hydrogen-bond acceptors (Lipinski definition) is 2. The summed E-state index contributed by atoms with van der Waals surface area (Å²) < 4.78 is 6.32. The number of ketones is 1. The number of hydrogen-bond donors (Lipinski definition) is 0. The summed E-state index contributed by atoms with van der Waals surface area (Å²) in [5.41, 5.74) is 0.777. The molecule has 16 heavy (non-hydrogen) atoms. The second-order valence-corrected chi connectivity index (χ2v) is 4.56. The molecule has 0 saturated carbocycles. The van der Waals surface area contributed by atoms with Crippen LogP contribution < -0.4 is 0 Å². The standard InChI is InChI=1S/C13H17BrO2/c1-2-9-16-10-3-4-13(15)11-5-7-12(14)8-6-11/h5-8H,2-4,9-10H2,1H3. The summed E-state index contributed by atoms with van der Waals surface area (Å²) in [6.45, 7) is 3.54. The van der Waals surface area contributed by atoms with E-state index in [-0.39, 0.29) is 5.78 Å². The monoisotopic (exact) mass is 284 g/mol. The van der Waals surface area contributed by atoms with E-state index in [2.05, 4.69) is 22.9 Å². The fourth-order valence-electron chi connectivity index (χ4n) is 1.36. The molecular weight excluding hydrogens is 268 g/mol. The maximum absolute atomic E-state index is 11.7. The molecule has 88 valence electrons. The lowest BCUT2D eigenvalue weighted by molar-refractivity contribution is 0.0938. The molecule has 0 aliphatic heterocycles. The minimum absolute atomic E-state index is 0.188. The average Bonchev–Trinajstić information content (AvgIpc) is 2.29. The van der Waals surface area contributed by atoms with Crippen molar-refractivity contribution in [2.24, 2.45) is 0 Å². The molecule has 2 nitrogen and oxygen atoms in total. The molecule has 3 heteroatoms. The van der Waals surface area contributed by atoms with Crippen molar-refractivity contribution in [2.75, 3.05) is 13.2 Å². The van der Waals surface area contributed by atoms with Gasteiger partial charge in [0.15, 0.2) is 5.78 Å². The Balaban J connectivity index is 2.27. The molecule has 0 N–H and O–H groups in total. The molecule has 0 unspecified atom stereocenters. The first-order valence-corrected chi connectivity index (χ1v) is 6.40. The Morgan fingerprint density at radius 1 is 1.25 bits per heavy atom. The van der Waals surface area contributed by atoms with Gasteiger partial charge < -0.3 is 4.74 Å². The second-order valence-electron chi connectivity index (χ2n) is 3.65. The number of carbonyl (C=O) groups excluding carboxylic acids is 1. The maximum Gasteiger partial charge on any atom is 0.162 e. The number of Topliss-reactive ketones (excluding diaryl/α,β-unsaturated/α-hetero) is 1. The molecule has 1 rings (SSSR count). The van der Waals surface area contributed by atoms with Gasteiger partial charge in [0, 0.05) is 29.7 Å². The third-order valence-electron chi connectivity index (χ3n) is 2.21. The molecule has 0 fully saturated rings. The van der Waals surface area contributed by atoms with Gasteiger partial charge in [-0.2, -0.15) is 0 Å². The van der Waals surface area contributed by atoms with E-state index in [0.29, 0.717) is 13.0 Å². The van der Waals surface area contributed by atoms with Gasteiger partial charge in [0.05, 0.1) is 0 Å². The van der Waals surface area contributed by atoms with Gasteiger partial charge in [0.2, 0.25) is 0 Å². The molecule has 0 spiro atoms. The molecule has 1 aromatic carbocycles. The third kappa shape index (κ3) is 4.90.